The normalized spacial score (nSPS) is 26.3. The third-order valence-electron chi connectivity index (χ3n) is 6.64. The van der Waals surface area contributed by atoms with Gasteiger partial charge in [-0.3, -0.25) is 14.6 Å². The Labute approximate surface area is 199 Å². The molecule has 4 nitrogen and oxygen atoms in total. The number of carbonyl (C=O) groups excluding carboxylic acids is 2. The van der Waals surface area contributed by atoms with Crippen LogP contribution >= 0.6 is 23.2 Å². The van der Waals surface area contributed by atoms with Crippen molar-refractivity contribution in [1.82, 2.24) is 4.90 Å². The largest absolute Gasteiger partial charge is 0.305 e. The third-order valence-corrected chi connectivity index (χ3v) is 7.07. The summed E-state index contributed by atoms with van der Waals surface area (Å²) in [6.07, 6.45) is 4.35. The van der Waals surface area contributed by atoms with E-state index in [9.17, 15) is 9.59 Å². The van der Waals surface area contributed by atoms with E-state index in [0.717, 1.165) is 37.5 Å². The molecule has 32 heavy (non-hydrogen) atoms. The van der Waals surface area contributed by atoms with Gasteiger partial charge in [0, 0.05) is 21.2 Å². The van der Waals surface area contributed by atoms with Crippen LogP contribution in [-0.4, -0.2) is 28.5 Å². The average molecular weight is 471 g/mol. The average Bonchev–Trinajstić information content (AvgIpc) is 2.99. The molecule has 1 heterocycles. The monoisotopic (exact) mass is 470 g/mol. The number of aldehydes is 1. The highest BCUT2D eigenvalue weighted by atomic mass is 35.5. The molecule has 0 N–H and O–H groups in total. The van der Waals surface area contributed by atoms with Crippen molar-refractivity contribution in [2.75, 3.05) is 0 Å². The molecular weight excluding hydrogens is 443 g/mol. The van der Waals surface area contributed by atoms with Crippen LogP contribution in [0.1, 0.15) is 74.0 Å². The predicted octanol–water partition coefficient (Wildman–Crippen LogP) is 6.74. The van der Waals surface area contributed by atoms with Crippen molar-refractivity contribution < 1.29 is 9.59 Å². The summed E-state index contributed by atoms with van der Waals surface area (Å²) in [6, 6.07) is 12.6. The summed E-state index contributed by atoms with van der Waals surface area (Å²) in [5, 5.41) is 0.967. The standard InChI is InChI=1S/C26H28Cl2N2O2/c1-4-23(19-7-5-18(15-31)6-8-19)30-25(32)24(20-10-21(27)12-22(28)11-20)29-26(30)13-16(2)9-17(3)14-26/h5-8,10-12,15-17,23H,4,9,13-14H2,1-3H3. The van der Waals surface area contributed by atoms with E-state index >= 15 is 0 Å². The minimum Gasteiger partial charge on any atom is -0.305 e. The minimum absolute atomic E-state index is 0.0871. The summed E-state index contributed by atoms with van der Waals surface area (Å²) in [4.78, 5) is 32.2. The van der Waals surface area contributed by atoms with Gasteiger partial charge in [-0.1, -0.05) is 68.2 Å². The molecule has 0 radical (unpaired) electrons. The Bertz CT molecular complexity index is 1030. The quantitative estimate of drug-likeness (QED) is 0.454. The maximum absolute atomic E-state index is 14.0. The van der Waals surface area contributed by atoms with Gasteiger partial charge in [-0.05, 0) is 61.3 Å². The van der Waals surface area contributed by atoms with Gasteiger partial charge in [0.1, 0.15) is 17.7 Å². The second-order valence-corrected chi connectivity index (χ2v) is 10.2. The number of aliphatic imine (C=N–C) groups is 1. The number of rotatable bonds is 5. The molecule has 1 saturated carbocycles. The lowest BCUT2D eigenvalue weighted by molar-refractivity contribution is -0.134. The highest BCUT2D eigenvalue weighted by molar-refractivity contribution is 6.47. The molecule has 0 aromatic heterocycles. The number of hydrogen-bond acceptors (Lipinski definition) is 3. The summed E-state index contributed by atoms with van der Waals surface area (Å²) in [5.74, 6) is 0.820. The van der Waals surface area contributed by atoms with E-state index in [1.54, 1.807) is 18.2 Å². The van der Waals surface area contributed by atoms with E-state index in [1.165, 1.54) is 0 Å². The highest BCUT2D eigenvalue weighted by Gasteiger charge is 2.52. The van der Waals surface area contributed by atoms with Crippen molar-refractivity contribution in [3.63, 3.8) is 0 Å². The zero-order valence-corrected chi connectivity index (χ0v) is 20.2. The summed E-state index contributed by atoms with van der Waals surface area (Å²) < 4.78 is 0. The molecule has 1 amide bonds. The van der Waals surface area contributed by atoms with Crippen molar-refractivity contribution in [3.8, 4) is 0 Å². The van der Waals surface area contributed by atoms with Gasteiger partial charge in [0.15, 0.2) is 0 Å². The zero-order chi connectivity index (χ0) is 23.0. The van der Waals surface area contributed by atoms with E-state index < -0.39 is 5.66 Å². The number of nitrogens with zero attached hydrogens (tertiary/aromatic N) is 2. The number of hydrogen-bond donors (Lipinski definition) is 0. The first-order valence-corrected chi connectivity index (χ1v) is 12.0. The third kappa shape index (κ3) is 4.23. The van der Waals surface area contributed by atoms with Crippen LogP contribution in [0.15, 0.2) is 47.5 Å². The lowest BCUT2D eigenvalue weighted by atomic mass is 9.75. The number of carbonyl (C=O) groups is 2. The van der Waals surface area contributed by atoms with Crippen LogP contribution < -0.4 is 0 Å². The van der Waals surface area contributed by atoms with Gasteiger partial charge in [0.2, 0.25) is 0 Å². The molecule has 0 saturated heterocycles. The minimum atomic E-state index is -0.595. The van der Waals surface area contributed by atoms with Gasteiger partial charge in [-0.25, -0.2) is 0 Å². The van der Waals surface area contributed by atoms with Gasteiger partial charge < -0.3 is 4.90 Å². The Kier molecular flexibility index (Phi) is 6.46. The second-order valence-electron chi connectivity index (χ2n) is 9.34. The molecule has 1 aliphatic carbocycles. The molecule has 4 rings (SSSR count). The van der Waals surface area contributed by atoms with Crippen LogP contribution in [0, 0.1) is 11.8 Å². The first-order valence-electron chi connectivity index (χ1n) is 11.2. The molecule has 0 bridgehead atoms. The maximum atomic E-state index is 14.0. The van der Waals surface area contributed by atoms with E-state index in [-0.39, 0.29) is 11.9 Å². The molecule has 3 unspecified atom stereocenters. The summed E-state index contributed by atoms with van der Waals surface area (Å²) in [5.41, 5.74) is 2.13. The van der Waals surface area contributed by atoms with Crippen molar-refractivity contribution in [2.24, 2.45) is 16.8 Å². The number of benzene rings is 2. The predicted molar refractivity (Wildman–Crippen MR) is 130 cm³/mol. The molecule has 3 atom stereocenters. The molecule has 2 aromatic rings. The molecule has 2 aliphatic rings. The lowest BCUT2D eigenvalue weighted by Gasteiger charge is -2.47. The fraction of sp³-hybridized carbons (Fsp3) is 0.423. The van der Waals surface area contributed by atoms with Gasteiger partial charge in [0.05, 0.1) is 6.04 Å². The Morgan fingerprint density at radius 1 is 1.09 bits per heavy atom. The highest BCUT2D eigenvalue weighted by Crippen LogP contribution is 2.48. The van der Waals surface area contributed by atoms with E-state index in [1.807, 2.05) is 29.2 Å². The fourth-order valence-electron chi connectivity index (χ4n) is 5.63. The van der Waals surface area contributed by atoms with Crippen LogP contribution in [0.5, 0.6) is 0 Å². The van der Waals surface area contributed by atoms with Crippen LogP contribution in [0.25, 0.3) is 0 Å². The topological polar surface area (TPSA) is 49.7 Å². The zero-order valence-electron chi connectivity index (χ0n) is 18.6. The van der Waals surface area contributed by atoms with Gasteiger partial charge in [-0.2, -0.15) is 0 Å². The van der Waals surface area contributed by atoms with Crippen LogP contribution in [-0.2, 0) is 4.79 Å². The molecular formula is C26H28Cl2N2O2. The van der Waals surface area contributed by atoms with Gasteiger partial charge in [-0.15, -0.1) is 0 Å². The lowest BCUT2D eigenvalue weighted by Crippen LogP contribution is -2.52. The summed E-state index contributed by atoms with van der Waals surface area (Å²) in [7, 11) is 0. The van der Waals surface area contributed by atoms with Crippen molar-refractivity contribution >= 4 is 41.1 Å². The maximum Gasteiger partial charge on any atom is 0.275 e. The molecule has 1 spiro atoms. The van der Waals surface area contributed by atoms with Crippen molar-refractivity contribution in [3.05, 3.63) is 69.2 Å². The molecule has 2 aromatic carbocycles. The summed E-state index contributed by atoms with van der Waals surface area (Å²) in [6.45, 7) is 6.57. The SMILES string of the molecule is CCC(c1ccc(C=O)cc1)N1C(=O)C(c2cc(Cl)cc(Cl)c2)=NC12CC(C)CC(C)C2. The first kappa shape index (κ1) is 23.0. The van der Waals surface area contributed by atoms with Crippen LogP contribution in [0.4, 0.5) is 0 Å². The first-order chi connectivity index (χ1) is 15.3. The molecule has 1 fully saturated rings. The van der Waals surface area contributed by atoms with E-state index in [2.05, 4.69) is 20.8 Å². The van der Waals surface area contributed by atoms with Crippen molar-refractivity contribution in [1.29, 1.82) is 0 Å². The Balaban J connectivity index is 1.83. The van der Waals surface area contributed by atoms with Crippen LogP contribution in [0.3, 0.4) is 0 Å². The summed E-state index contributed by atoms with van der Waals surface area (Å²) >= 11 is 12.5. The fourth-order valence-corrected chi connectivity index (χ4v) is 6.15. The molecule has 168 valence electrons. The second kappa shape index (κ2) is 8.99. The Hall–Kier alpha value is -2.17. The number of amides is 1. The van der Waals surface area contributed by atoms with E-state index in [0.29, 0.717) is 38.7 Å². The number of halogens is 2. The molecule has 6 heteroatoms. The van der Waals surface area contributed by atoms with Crippen LogP contribution in [0.2, 0.25) is 10.0 Å². The van der Waals surface area contributed by atoms with Gasteiger partial charge in [0.25, 0.3) is 5.91 Å². The Morgan fingerprint density at radius 3 is 2.22 bits per heavy atom. The Morgan fingerprint density at radius 2 is 1.69 bits per heavy atom. The van der Waals surface area contributed by atoms with Crippen molar-refractivity contribution in [2.45, 2.75) is 58.2 Å². The van der Waals surface area contributed by atoms with Gasteiger partial charge >= 0.3 is 0 Å². The molecule has 1 aliphatic heterocycles. The smallest absolute Gasteiger partial charge is 0.275 e. The van der Waals surface area contributed by atoms with E-state index in [4.69, 9.17) is 28.2 Å².